The van der Waals surface area contributed by atoms with Crippen LogP contribution >= 0.6 is 11.6 Å². The fourth-order valence-electron chi connectivity index (χ4n) is 1.62. The Morgan fingerprint density at radius 1 is 1.14 bits per heavy atom. The first-order valence-corrected chi connectivity index (χ1v) is 7.30. The summed E-state index contributed by atoms with van der Waals surface area (Å²) < 4.78 is 5.46. The molecule has 6 nitrogen and oxygen atoms in total. The van der Waals surface area contributed by atoms with Crippen LogP contribution in [0, 0.1) is 0 Å². The molecule has 0 fully saturated rings. The molecule has 122 valence electrons. The van der Waals surface area contributed by atoms with Crippen molar-refractivity contribution in [1.29, 1.82) is 0 Å². The zero-order valence-corrected chi connectivity index (χ0v) is 13.9. The fourth-order valence-corrected chi connectivity index (χ4v) is 1.75. The number of nitrogens with zero attached hydrogens (tertiary/aromatic N) is 2. The Bertz CT molecular complexity index is 491. The third-order valence-corrected chi connectivity index (χ3v) is 3.08. The second-order valence-corrected chi connectivity index (χ2v) is 5.55. The Morgan fingerprint density at radius 2 is 1.77 bits per heavy atom. The number of nitrogens with one attached hydrogen (secondary N) is 1. The average molecular weight is 328 g/mol. The molecular formula is C15H22ClN3O3. The molecule has 0 saturated carbocycles. The van der Waals surface area contributed by atoms with Crippen LogP contribution in [0.2, 0.25) is 5.02 Å². The van der Waals surface area contributed by atoms with Gasteiger partial charge in [0.2, 0.25) is 11.8 Å². The topological polar surface area (TPSA) is 61.9 Å². The SMILES string of the molecule is CN(CC(=O)NCCOc1ccc(Cl)cc1)CC(=O)N(C)C. The van der Waals surface area contributed by atoms with Crippen LogP contribution in [-0.4, -0.2) is 69.0 Å². The molecule has 2 amide bonds. The van der Waals surface area contributed by atoms with E-state index in [0.29, 0.717) is 23.9 Å². The minimum absolute atomic E-state index is 0.0404. The number of carbonyl (C=O) groups excluding carboxylic acids is 2. The van der Waals surface area contributed by atoms with Crippen molar-refractivity contribution in [3.63, 3.8) is 0 Å². The zero-order valence-electron chi connectivity index (χ0n) is 13.1. The van der Waals surface area contributed by atoms with Gasteiger partial charge in [-0.05, 0) is 31.3 Å². The van der Waals surface area contributed by atoms with E-state index >= 15 is 0 Å². The number of likely N-dealkylation sites (N-methyl/N-ethyl adjacent to an activating group) is 2. The van der Waals surface area contributed by atoms with Gasteiger partial charge in [0, 0.05) is 19.1 Å². The van der Waals surface area contributed by atoms with Gasteiger partial charge in [0.1, 0.15) is 12.4 Å². The van der Waals surface area contributed by atoms with Gasteiger partial charge in [0.05, 0.1) is 19.6 Å². The maximum absolute atomic E-state index is 11.7. The summed E-state index contributed by atoms with van der Waals surface area (Å²) in [6.45, 7) is 1.15. The standard InChI is InChI=1S/C15H22ClN3O3/c1-18(2)15(21)11-19(3)10-14(20)17-8-9-22-13-6-4-12(16)5-7-13/h4-7H,8-11H2,1-3H3,(H,17,20). The molecule has 1 aromatic carbocycles. The summed E-state index contributed by atoms with van der Waals surface area (Å²) in [5, 5.41) is 3.39. The van der Waals surface area contributed by atoms with Crippen molar-refractivity contribution in [1.82, 2.24) is 15.1 Å². The van der Waals surface area contributed by atoms with Crippen LogP contribution in [-0.2, 0) is 9.59 Å². The van der Waals surface area contributed by atoms with Crippen LogP contribution in [0.4, 0.5) is 0 Å². The van der Waals surface area contributed by atoms with Crippen molar-refractivity contribution in [3.05, 3.63) is 29.3 Å². The first-order chi connectivity index (χ1) is 10.4. The molecule has 1 N–H and O–H groups in total. The van der Waals surface area contributed by atoms with Crippen LogP contribution in [0.5, 0.6) is 5.75 Å². The highest BCUT2D eigenvalue weighted by Crippen LogP contribution is 2.14. The van der Waals surface area contributed by atoms with E-state index in [2.05, 4.69) is 5.32 Å². The number of benzene rings is 1. The van der Waals surface area contributed by atoms with Gasteiger partial charge in [-0.1, -0.05) is 11.6 Å². The molecule has 0 heterocycles. The third kappa shape index (κ3) is 7.28. The Morgan fingerprint density at radius 3 is 2.36 bits per heavy atom. The summed E-state index contributed by atoms with van der Waals surface area (Å²) in [6.07, 6.45) is 0. The lowest BCUT2D eigenvalue weighted by molar-refractivity contribution is -0.130. The molecule has 0 aliphatic rings. The molecule has 0 bridgehead atoms. The van der Waals surface area contributed by atoms with Gasteiger partial charge in [-0.25, -0.2) is 0 Å². The lowest BCUT2D eigenvalue weighted by atomic mass is 10.3. The largest absolute Gasteiger partial charge is 0.492 e. The van der Waals surface area contributed by atoms with Gasteiger partial charge >= 0.3 is 0 Å². The van der Waals surface area contributed by atoms with Crippen molar-refractivity contribution in [2.75, 3.05) is 47.4 Å². The number of ether oxygens (including phenoxy) is 1. The molecule has 0 spiro atoms. The molecule has 0 atom stereocenters. The van der Waals surface area contributed by atoms with Crippen molar-refractivity contribution in [2.24, 2.45) is 0 Å². The average Bonchev–Trinajstić information content (AvgIpc) is 2.45. The molecule has 22 heavy (non-hydrogen) atoms. The van der Waals surface area contributed by atoms with Gasteiger partial charge in [-0.3, -0.25) is 14.5 Å². The number of amides is 2. The Balaban J connectivity index is 2.17. The zero-order chi connectivity index (χ0) is 16.5. The molecule has 0 aliphatic heterocycles. The maximum atomic E-state index is 11.7. The van der Waals surface area contributed by atoms with Gasteiger partial charge in [-0.2, -0.15) is 0 Å². The summed E-state index contributed by atoms with van der Waals surface area (Å²) in [5.74, 6) is 0.516. The molecule has 0 aromatic heterocycles. The Labute approximate surface area is 136 Å². The van der Waals surface area contributed by atoms with Crippen molar-refractivity contribution in [3.8, 4) is 5.75 Å². The maximum Gasteiger partial charge on any atom is 0.236 e. The van der Waals surface area contributed by atoms with E-state index in [-0.39, 0.29) is 24.9 Å². The van der Waals surface area contributed by atoms with Gasteiger partial charge in [-0.15, -0.1) is 0 Å². The molecule has 7 heteroatoms. The van der Waals surface area contributed by atoms with E-state index in [0.717, 1.165) is 0 Å². The summed E-state index contributed by atoms with van der Waals surface area (Å²) in [5.41, 5.74) is 0. The molecule has 1 rings (SSSR count). The summed E-state index contributed by atoms with van der Waals surface area (Å²) in [6, 6.07) is 7.02. The number of carbonyl (C=O) groups is 2. The first-order valence-electron chi connectivity index (χ1n) is 6.92. The summed E-state index contributed by atoms with van der Waals surface area (Å²) in [7, 11) is 5.10. The van der Waals surface area contributed by atoms with E-state index in [4.69, 9.17) is 16.3 Å². The molecule has 1 aromatic rings. The van der Waals surface area contributed by atoms with Crippen molar-refractivity contribution >= 4 is 23.4 Å². The number of hydrogen-bond acceptors (Lipinski definition) is 4. The third-order valence-electron chi connectivity index (χ3n) is 2.82. The van der Waals surface area contributed by atoms with Gasteiger partial charge < -0.3 is 15.0 Å². The second-order valence-electron chi connectivity index (χ2n) is 5.11. The lowest BCUT2D eigenvalue weighted by Gasteiger charge is -2.18. The predicted molar refractivity (Wildman–Crippen MR) is 86.1 cm³/mol. The normalized spacial score (nSPS) is 10.4. The van der Waals surface area contributed by atoms with E-state index < -0.39 is 0 Å². The van der Waals surface area contributed by atoms with E-state index in [9.17, 15) is 9.59 Å². The minimum atomic E-state index is -0.145. The number of rotatable bonds is 8. The number of hydrogen-bond donors (Lipinski definition) is 1. The van der Waals surface area contributed by atoms with Crippen molar-refractivity contribution in [2.45, 2.75) is 0 Å². The lowest BCUT2D eigenvalue weighted by Crippen LogP contribution is -2.41. The van der Waals surface area contributed by atoms with Crippen LogP contribution in [0.1, 0.15) is 0 Å². The van der Waals surface area contributed by atoms with E-state index in [1.54, 1.807) is 50.3 Å². The Kier molecular flexibility index (Phi) is 7.70. The van der Waals surface area contributed by atoms with Crippen LogP contribution in [0.3, 0.4) is 0 Å². The summed E-state index contributed by atoms with van der Waals surface area (Å²) in [4.78, 5) is 26.4. The highest BCUT2D eigenvalue weighted by molar-refractivity contribution is 6.30. The molecule has 0 unspecified atom stereocenters. The van der Waals surface area contributed by atoms with Crippen molar-refractivity contribution < 1.29 is 14.3 Å². The molecule has 0 aliphatic carbocycles. The van der Waals surface area contributed by atoms with Crippen LogP contribution in [0.25, 0.3) is 0 Å². The Hall–Kier alpha value is -1.79. The monoisotopic (exact) mass is 327 g/mol. The number of halogens is 1. The quantitative estimate of drug-likeness (QED) is 0.719. The summed E-state index contributed by atoms with van der Waals surface area (Å²) >= 11 is 5.77. The first kappa shape index (κ1) is 18.3. The highest BCUT2D eigenvalue weighted by atomic mass is 35.5. The fraction of sp³-hybridized carbons (Fsp3) is 0.467. The second kappa shape index (κ2) is 9.27. The van der Waals surface area contributed by atoms with E-state index in [1.807, 2.05) is 0 Å². The van der Waals surface area contributed by atoms with Crippen LogP contribution < -0.4 is 10.1 Å². The van der Waals surface area contributed by atoms with Gasteiger partial charge in [0.25, 0.3) is 0 Å². The highest BCUT2D eigenvalue weighted by Gasteiger charge is 2.11. The smallest absolute Gasteiger partial charge is 0.236 e. The van der Waals surface area contributed by atoms with Gasteiger partial charge in [0.15, 0.2) is 0 Å². The van der Waals surface area contributed by atoms with E-state index in [1.165, 1.54) is 4.90 Å². The van der Waals surface area contributed by atoms with Crippen LogP contribution in [0.15, 0.2) is 24.3 Å². The predicted octanol–water partition coefficient (Wildman–Crippen LogP) is 0.855. The minimum Gasteiger partial charge on any atom is -0.492 e. The molecule has 0 saturated heterocycles. The molecule has 0 radical (unpaired) electrons. The molecular weight excluding hydrogens is 306 g/mol.